The van der Waals surface area contributed by atoms with Crippen molar-refractivity contribution in [2.75, 3.05) is 5.73 Å². The van der Waals surface area contributed by atoms with Crippen LogP contribution in [0.15, 0.2) is 15.3 Å². The number of anilines is 1. The van der Waals surface area contributed by atoms with Gasteiger partial charge in [-0.3, -0.25) is 0 Å². The summed E-state index contributed by atoms with van der Waals surface area (Å²) in [5.74, 6) is 0.116. The lowest BCUT2D eigenvalue weighted by Gasteiger charge is -1.95. The SMILES string of the molecule is Cc1cc(O)c(N)c(=O)o1. The van der Waals surface area contributed by atoms with Crippen LogP contribution in [0.5, 0.6) is 5.75 Å². The topological polar surface area (TPSA) is 76.5 Å². The van der Waals surface area contributed by atoms with E-state index < -0.39 is 5.63 Å². The normalized spacial score (nSPS) is 9.70. The van der Waals surface area contributed by atoms with Crippen molar-refractivity contribution in [2.24, 2.45) is 0 Å². The molecule has 4 heteroatoms. The Morgan fingerprint density at radius 1 is 1.70 bits per heavy atom. The molecular weight excluding hydrogens is 134 g/mol. The second kappa shape index (κ2) is 2.06. The highest BCUT2D eigenvalue weighted by Crippen LogP contribution is 2.14. The molecule has 0 aliphatic rings. The highest BCUT2D eigenvalue weighted by molar-refractivity contribution is 5.48. The van der Waals surface area contributed by atoms with Gasteiger partial charge in [0.15, 0.2) is 5.69 Å². The first-order valence-electron chi connectivity index (χ1n) is 2.70. The smallest absolute Gasteiger partial charge is 0.363 e. The van der Waals surface area contributed by atoms with Crippen LogP contribution < -0.4 is 11.4 Å². The first-order valence-corrected chi connectivity index (χ1v) is 2.70. The molecule has 0 fully saturated rings. The largest absolute Gasteiger partial charge is 0.505 e. The average molecular weight is 141 g/mol. The fourth-order valence-corrected chi connectivity index (χ4v) is 0.606. The summed E-state index contributed by atoms with van der Waals surface area (Å²) in [6, 6.07) is 1.29. The van der Waals surface area contributed by atoms with Gasteiger partial charge in [-0.1, -0.05) is 0 Å². The van der Waals surface area contributed by atoms with Crippen LogP contribution in [0.3, 0.4) is 0 Å². The third-order valence-corrected chi connectivity index (χ3v) is 1.09. The molecule has 0 radical (unpaired) electrons. The fraction of sp³-hybridized carbons (Fsp3) is 0.167. The lowest BCUT2D eigenvalue weighted by atomic mass is 10.3. The van der Waals surface area contributed by atoms with Crippen LogP contribution in [-0.2, 0) is 0 Å². The van der Waals surface area contributed by atoms with Gasteiger partial charge >= 0.3 is 5.63 Å². The van der Waals surface area contributed by atoms with Crippen LogP contribution in [0.25, 0.3) is 0 Å². The summed E-state index contributed by atoms with van der Waals surface area (Å²) in [5, 5.41) is 8.90. The monoisotopic (exact) mass is 141 g/mol. The van der Waals surface area contributed by atoms with E-state index >= 15 is 0 Å². The molecule has 0 bridgehead atoms. The van der Waals surface area contributed by atoms with Crippen molar-refractivity contribution in [3.8, 4) is 5.75 Å². The molecule has 10 heavy (non-hydrogen) atoms. The third kappa shape index (κ3) is 0.953. The van der Waals surface area contributed by atoms with E-state index in [0.29, 0.717) is 5.76 Å². The fourth-order valence-electron chi connectivity index (χ4n) is 0.606. The lowest BCUT2D eigenvalue weighted by molar-refractivity contribution is 0.439. The number of hydrogen-bond donors (Lipinski definition) is 2. The summed E-state index contributed by atoms with van der Waals surface area (Å²) in [4.78, 5) is 10.6. The molecule has 0 aromatic carbocycles. The molecule has 0 amide bonds. The van der Waals surface area contributed by atoms with E-state index in [1.54, 1.807) is 6.92 Å². The molecule has 1 heterocycles. The van der Waals surface area contributed by atoms with Gasteiger partial charge in [0.2, 0.25) is 0 Å². The molecule has 0 atom stereocenters. The Hall–Kier alpha value is -1.45. The molecule has 1 aromatic rings. The Bertz CT molecular complexity index is 302. The molecule has 3 N–H and O–H groups in total. The zero-order valence-corrected chi connectivity index (χ0v) is 5.42. The molecular formula is C6H7NO3. The summed E-state index contributed by atoms with van der Waals surface area (Å²) in [5.41, 5.74) is 4.15. The maximum absolute atomic E-state index is 10.6. The predicted molar refractivity (Wildman–Crippen MR) is 35.8 cm³/mol. The van der Waals surface area contributed by atoms with Crippen molar-refractivity contribution >= 4 is 5.69 Å². The minimum atomic E-state index is -0.697. The van der Waals surface area contributed by atoms with Crippen molar-refractivity contribution in [2.45, 2.75) is 6.92 Å². The highest BCUT2D eigenvalue weighted by atomic mass is 16.4. The van der Waals surface area contributed by atoms with Gasteiger partial charge in [-0.25, -0.2) is 4.79 Å². The van der Waals surface area contributed by atoms with Crippen LogP contribution in [0.1, 0.15) is 5.76 Å². The number of aromatic hydroxyl groups is 1. The molecule has 4 nitrogen and oxygen atoms in total. The molecule has 0 saturated heterocycles. The lowest BCUT2D eigenvalue weighted by Crippen LogP contribution is -2.06. The van der Waals surface area contributed by atoms with Gasteiger partial charge < -0.3 is 15.3 Å². The van der Waals surface area contributed by atoms with Gasteiger partial charge in [-0.15, -0.1) is 0 Å². The van der Waals surface area contributed by atoms with E-state index in [9.17, 15) is 4.79 Å². The Labute approximate surface area is 56.9 Å². The molecule has 0 aliphatic carbocycles. The molecule has 1 aromatic heterocycles. The van der Waals surface area contributed by atoms with Crippen LogP contribution in [0.2, 0.25) is 0 Å². The van der Waals surface area contributed by atoms with E-state index in [0.717, 1.165) is 0 Å². The van der Waals surface area contributed by atoms with Crippen molar-refractivity contribution in [3.63, 3.8) is 0 Å². The number of nitrogens with two attached hydrogens (primary N) is 1. The summed E-state index contributed by atoms with van der Waals surface area (Å²) < 4.78 is 4.55. The molecule has 1 rings (SSSR count). The maximum Gasteiger partial charge on any atom is 0.363 e. The minimum Gasteiger partial charge on any atom is -0.505 e. The van der Waals surface area contributed by atoms with Gasteiger partial charge in [0, 0.05) is 6.07 Å². The van der Waals surface area contributed by atoms with E-state index in [1.165, 1.54) is 6.07 Å². The Morgan fingerprint density at radius 3 is 2.80 bits per heavy atom. The Balaban J connectivity index is 3.46. The number of aryl methyl sites for hydroxylation is 1. The molecule has 0 unspecified atom stereocenters. The van der Waals surface area contributed by atoms with E-state index in [4.69, 9.17) is 10.8 Å². The summed E-state index contributed by atoms with van der Waals surface area (Å²) in [6.45, 7) is 1.56. The second-order valence-electron chi connectivity index (χ2n) is 1.94. The van der Waals surface area contributed by atoms with Crippen LogP contribution in [0, 0.1) is 6.92 Å². The summed E-state index contributed by atoms with van der Waals surface area (Å²) in [7, 11) is 0. The predicted octanol–water partition coefficient (Wildman–Crippen LogP) is 0.236. The van der Waals surface area contributed by atoms with Gasteiger partial charge in [-0.2, -0.15) is 0 Å². The van der Waals surface area contributed by atoms with Crippen LogP contribution >= 0.6 is 0 Å². The zero-order chi connectivity index (χ0) is 7.72. The first kappa shape index (κ1) is 6.67. The molecule has 0 spiro atoms. The van der Waals surface area contributed by atoms with Crippen molar-refractivity contribution in [3.05, 3.63) is 22.2 Å². The highest BCUT2D eigenvalue weighted by Gasteiger charge is 2.02. The summed E-state index contributed by atoms with van der Waals surface area (Å²) in [6.07, 6.45) is 0. The molecule has 54 valence electrons. The van der Waals surface area contributed by atoms with Crippen molar-refractivity contribution in [1.82, 2.24) is 0 Å². The van der Waals surface area contributed by atoms with Gasteiger partial charge in [0.1, 0.15) is 11.5 Å². The van der Waals surface area contributed by atoms with Crippen molar-refractivity contribution < 1.29 is 9.52 Å². The quantitative estimate of drug-likeness (QED) is 0.542. The van der Waals surface area contributed by atoms with Crippen molar-refractivity contribution in [1.29, 1.82) is 0 Å². The van der Waals surface area contributed by atoms with E-state index in [1.807, 2.05) is 0 Å². The number of rotatable bonds is 0. The van der Waals surface area contributed by atoms with E-state index in [-0.39, 0.29) is 11.4 Å². The van der Waals surface area contributed by atoms with E-state index in [2.05, 4.69) is 4.42 Å². The standard InChI is InChI=1S/C6H7NO3/c1-3-2-4(8)5(7)6(9)10-3/h2,8H,7H2,1H3. The van der Waals surface area contributed by atoms with Gasteiger partial charge in [-0.05, 0) is 6.92 Å². The second-order valence-corrected chi connectivity index (χ2v) is 1.94. The maximum atomic E-state index is 10.6. The molecule has 0 aliphatic heterocycles. The van der Waals surface area contributed by atoms with Gasteiger partial charge in [0.25, 0.3) is 0 Å². The average Bonchev–Trinajstić information content (AvgIpc) is 1.82. The first-order chi connectivity index (χ1) is 4.61. The number of nitrogen functional groups attached to an aromatic ring is 1. The summed E-state index contributed by atoms with van der Waals surface area (Å²) >= 11 is 0. The van der Waals surface area contributed by atoms with Crippen LogP contribution in [0.4, 0.5) is 5.69 Å². The third-order valence-electron chi connectivity index (χ3n) is 1.09. The van der Waals surface area contributed by atoms with Gasteiger partial charge in [0.05, 0.1) is 0 Å². The number of hydrogen-bond acceptors (Lipinski definition) is 4. The zero-order valence-electron chi connectivity index (χ0n) is 5.42. The molecule has 0 saturated carbocycles. The van der Waals surface area contributed by atoms with Crippen LogP contribution in [-0.4, -0.2) is 5.11 Å². The minimum absolute atomic E-state index is 0.228. The Kier molecular flexibility index (Phi) is 1.37. The Morgan fingerprint density at radius 2 is 2.30 bits per heavy atom.